The normalized spacial score (nSPS) is 15.5. The number of carbonyl (C=O) groups excluding carboxylic acids is 2. The van der Waals surface area contributed by atoms with Crippen molar-refractivity contribution in [1.82, 2.24) is 0 Å². The van der Waals surface area contributed by atoms with Crippen molar-refractivity contribution in [3.05, 3.63) is 11.3 Å². The van der Waals surface area contributed by atoms with Gasteiger partial charge in [-0.1, -0.05) is 0 Å². The molecule has 0 radical (unpaired) electrons. The molecule has 0 N–H and O–H groups in total. The van der Waals surface area contributed by atoms with Gasteiger partial charge in [-0.25, -0.2) is 4.79 Å². The van der Waals surface area contributed by atoms with E-state index in [1.807, 2.05) is 0 Å². The van der Waals surface area contributed by atoms with Crippen LogP contribution in [0.3, 0.4) is 0 Å². The van der Waals surface area contributed by atoms with Gasteiger partial charge in [-0.3, -0.25) is 4.79 Å². The molecule has 0 aromatic rings. The Labute approximate surface area is 76.5 Å². The fourth-order valence-electron chi connectivity index (χ4n) is 1.18. The van der Waals surface area contributed by atoms with E-state index in [1.54, 1.807) is 6.92 Å². The summed E-state index contributed by atoms with van der Waals surface area (Å²) in [7, 11) is 0. The zero-order valence-electron chi connectivity index (χ0n) is 7.75. The van der Waals surface area contributed by atoms with E-state index in [0.717, 1.165) is 0 Å². The number of rotatable bonds is 3. The Morgan fingerprint density at radius 2 is 2.23 bits per heavy atom. The lowest BCUT2D eigenvalue weighted by atomic mass is 10.1. The van der Waals surface area contributed by atoms with E-state index < -0.39 is 5.97 Å². The second kappa shape index (κ2) is 4.07. The van der Waals surface area contributed by atoms with Gasteiger partial charge in [-0.15, -0.1) is 0 Å². The molecular formula is C9H12O4. The Bertz CT molecular complexity index is 265. The molecule has 0 amide bonds. The molecule has 1 heterocycles. The highest BCUT2D eigenvalue weighted by Crippen LogP contribution is 2.20. The number of hydrogen-bond donors (Lipinski definition) is 0. The summed E-state index contributed by atoms with van der Waals surface area (Å²) < 4.78 is 9.80. The van der Waals surface area contributed by atoms with Crippen LogP contribution in [-0.4, -0.2) is 25.0 Å². The Balaban J connectivity index is 2.81. The van der Waals surface area contributed by atoms with E-state index in [9.17, 15) is 9.59 Å². The van der Waals surface area contributed by atoms with Crippen molar-refractivity contribution in [1.29, 1.82) is 0 Å². The average molecular weight is 184 g/mol. The zero-order valence-corrected chi connectivity index (χ0v) is 7.75. The summed E-state index contributed by atoms with van der Waals surface area (Å²) in [5.41, 5.74) is 0.370. The van der Waals surface area contributed by atoms with E-state index in [0.29, 0.717) is 25.2 Å². The monoisotopic (exact) mass is 184 g/mol. The van der Waals surface area contributed by atoms with Crippen LogP contribution in [-0.2, 0) is 19.1 Å². The maximum absolute atomic E-state index is 11.2. The first kappa shape index (κ1) is 9.77. The van der Waals surface area contributed by atoms with Crippen molar-refractivity contribution in [2.45, 2.75) is 20.3 Å². The Morgan fingerprint density at radius 1 is 1.54 bits per heavy atom. The fraction of sp³-hybridized carbons (Fsp3) is 0.556. The first-order chi connectivity index (χ1) is 6.16. The quantitative estimate of drug-likeness (QED) is 0.609. The second-order valence-electron chi connectivity index (χ2n) is 2.68. The highest BCUT2D eigenvalue weighted by molar-refractivity contribution is 6.01. The highest BCUT2D eigenvalue weighted by Gasteiger charge is 2.26. The van der Waals surface area contributed by atoms with Gasteiger partial charge in [0.25, 0.3) is 0 Å². The number of ether oxygens (including phenoxy) is 2. The average Bonchev–Trinajstić information content (AvgIpc) is 2.52. The van der Waals surface area contributed by atoms with E-state index >= 15 is 0 Å². The molecule has 0 spiro atoms. The van der Waals surface area contributed by atoms with Crippen LogP contribution < -0.4 is 0 Å². The van der Waals surface area contributed by atoms with Crippen molar-refractivity contribution < 1.29 is 19.1 Å². The van der Waals surface area contributed by atoms with E-state index in [-0.39, 0.29) is 11.5 Å². The van der Waals surface area contributed by atoms with E-state index in [2.05, 4.69) is 0 Å². The van der Waals surface area contributed by atoms with E-state index in [4.69, 9.17) is 9.47 Å². The molecule has 72 valence electrons. The number of allylic oxidation sites excluding steroid dienone is 1. The summed E-state index contributed by atoms with van der Waals surface area (Å²) in [5, 5.41) is 0. The van der Waals surface area contributed by atoms with Gasteiger partial charge in [0.1, 0.15) is 0 Å². The summed E-state index contributed by atoms with van der Waals surface area (Å²) in [6, 6.07) is 0. The van der Waals surface area contributed by atoms with Crippen molar-refractivity contribution in [2.75, 3.05) is 13.2 Å². The van der Waals surface area contributed by atoms with Gasteiger partial charge in [0.15, 0.2) is 11.5 Å². The summed E-state index contributed by atoms with van der Waals surface area (Å²) in [6.07, 6.45) is 0.466. The minimum atomic E-state index is -0.440. The lowest BCUT2D eigenvalue weighted by Crippen LogP contribution is -2.10. The molecule has 0 atom stereocenters. The molecule has 0 unspecified atom stereocenters. The van der Waals surface area contributed by atoms with Gasteiger partial charge < -0.3 is 9.47 Å². The van der Waals surface area contributed by atoms with Gasteiger partial charge >= 0.3 is 5.97 Å². The third-order valence-corrected chi connectivity index (χ3v) is 1.71. The maximum Gasteiger partial charge on any atom is 0.338 e. The fourth-order valence-corrected chi connectivity index (χ4v) is 1.18. The third kappa shape index (κ3) is 2.08. The zero-order chi connectivity index (χ0) is 9.84. The molecule has 4 nitrogen and oxygen atoms in total. The van der Waals surface area contributed by atoms with Crippen molar-refractivity contribution in [3.63, 3.8) is 0 Å². The number of Topliss-reactive ketones (excluding diaryl/α,β-unsaturated/α-hetero) is 1. The summed E-state index contributed by atoms with van der Waals surface area (Å²) in [6.45, 7) is 3.80. The topological polar surface area (TPSA) is 52.6 Å². The number of carbonyl (C=O) groups is 2. The molecule has 0 fully saturated rings. The predicted molar refractivity (Wildman–Crippen MR) is 44.9 cm³/mol. The molecule has 0 aromatic heterocycles. The minimum Gasteiger partial charge on any atom is -0.489 e. The van der Waals surface area contributed by atoms with Crippen LogP contribution in [0.5, 0.6) is 0 Å². The predicted octanol–water partition coefficient (Wildman–Crippen LogP) is 0.813. The van der Waals surface area contributed by atoms with Crippen molar-refractivity contribution >= 4 is 11.8 Å². The SMILES string of the molecule is CCOC(=O)C1=C(C(C)=O)OCC1. The Morgan fingerprint density at radius 3 is 2.77 bits per heavy atom. The number of esters is 1. The highest BCUT2D eigenvalue weighted by atomic mass is 16.5. The molecule has 1 aliphatic rings. The summed E-state index contributed by atoms with van der Waals surface area (Å²) >= 11 is 0. The van der Waals surface area contributed by atoms with Crippen LogP contribution in [0.2, 0.25) is 0 Å². The smallest absolute Gasteiger partial charge is 0.338 e. The number of ketones is 1. The summed E-state index contributed by atoms with van der Waals surface area (Å²) in [5.74, 6) is -0.496. The van der Waals surface area contributed by atoms with Crippen LogP contribution in [0.25, 0.3) is 0 Å². The lowest BCUT2D eigenvalue weighted by molar-refractivity contribution is -0.139. The third-order valence-electron chi connectivity index (χ3n) is 1.71. The van der Waals surface area contributed by atoms with Gasteiger partial charge in [0, 0.05) is 13.3 Å². The van der Waals surface area contributed by atoms with Crippen LogP contribution >= 0.6 is 0 Å². The largest absolute Gasteiger partial charge is 0.489 e. The van der Waals surface area contributed by atoms with Crippen LogP contribution in [0.15, 0.2) is 11.3 Å². The number of hydrogen-bond acceptors (Lipinski definition) is 4. The molecule has 1 rings (SSSR count). The molecule has 0 aromatic carbocycles. The maximum atomic E-state index is 11.2. The summed E-state index contributed by atoms with van der Waals surface area (Å²) in [4.78, 5) is 22.2. The molecular weight excluding hydrogens is 172 g/mol. The molecule has 0 saturated heterocycles. The molecule has 0 aliphatic carbocycles. The second-order valence-corrected chi connectivity index (χ2v) is 2.68. The van der Waals surface area contributed by atoms with Gasteiger partial charge in [-0.2, -0.15) is 0 Å². The molecule has 0 bridgehead atoms. The minimum absolute atomic E-state index is 0.165. The molecule has 4 heteroatoms. The van der Waals surface area contributed by atoms with Gasteiger partial charge in [0.05, 0.1) is 18.8 Å². The van der Waals surface area contributed by atoms with Crippen LogP contribution in [0.1, 0.15) is 20.3 Å². The first-order valence-electron chi connectivity index (χ1n) is 4.20. The lowest BCUT2D eigenvalue weighted by Gasteiger charge is -2.02. The molecule has 13 heavy (non-hydrogen) atoms. The van der Waals surface area contributed by atoms with Crippen LogP contribution in [0, 0.1) is 0 Å². The van der Waals surface area contributed by atoms with Gasteiger partial charge in [-0.05, 0) is 6.92 Å². The van der Waals surface area contributed by atoms with Crippen LogP contribution in [0.4, 0.5) is 0 Å². The van der Waals surface area contributed by atoms with Gasteiger partial charge in [0.2, 0.25) is 0 Å². The van der Waals surface area contributed by atoms with E-state index in [1.165, 1.54) is 6.92 Å². The Kier molecular flexibility index (Phi) is 3.06. The molecule has 0 saturated carbocycles. The van der Waals surface area contributed by atoms with Crippen molar-refractivity contribution in [3.8, 4) is 0 Å². The molecule has 1 aliphatic heterocycles. The Hall–Kier alpha value is -1.32. The first-order valence-corrected chi connectivity index (χ1v) is 4.20. The van der Waals surface area contributed by atoms with Crippen molar-refractivity contribution in [2.24, 2.45) is 0 Å². The standard InChI is InChI=1S/C9H12O4/c1-3-12-9(11)7-4-5-13-8(7)6(2)10/h3-5H2,1-2H3.